The molecule has 0 fully saturated rings. The van der Waals surface area contributed by atoms with Crippen molar-refractivity contribution >= 4 is 44.7 Å². The number of benzene rings is 2. The molecule has 2 rings (SSSR count). The second-order valence-corrected chi connectivity index (χ2v) is 5.89. The van der Waals surface area contributed by atoms with Gasteiger partial charge in [0, 0.05) is 16.2 Å². The van der Waals surface area contributed by atoms with Gasteiger partial charge >= 0.3 is 0 Å². The second kappa shape index (κ2) is 7.33. The van der Waals surface area contributed by atoms with E-state index in [0.29, 0.717) is 5.69 Å². The zero-order valence-electron chi connectivity index (χ0n) is 11.5. The molecule has 108 valence electrons. The summed E-state index contributed by atoms with van der Waals surface area (Å²) in [5.41, 5.74) is 1.79. The standard InChI is InChI=1S/C16H15BrN2OS/c1-11(12-5-3-2-4-6-12)18-16(21)15(20)19-14-9-7-13(17)8-10-14/h2-11H,1H3,(H,18,21)(H,19,20). The van der Waals surface area contributed by atoms with Gasteiger partial charge < -0.3 is 10.6 Å². The molecule has 2 aromatic carbocycles. The van der Waals surface area contributed by atoms with Crippen LogP contribution in [0.5, 0.6) is 0 Å². The highest BCUT2D eigenvalue weighted by Crippen LogP contribution is 2.15. The van der Waals surface area contributed by atoms with Crippen molar-refractivity contribution in [2.75, 3.05) is 5.32 Å². The van der Waals surface area contributed by atoms with Crippen LogP contribution < -0.4 is 10.6 Å². The Kier molecular flexibility index (Phi) is 5.47. The molecule has 1 atom stereocenters. The van der Waals surface area contributed by atoms with Gasteiger partial charge in [0.15, 0.2) is 4.99 Å². The van der Waals surface area contributed by atoms with Crippen molar-refractivity contribution in [2.45, 2.75) is 13.0 Å². The Morgan fingerprint density at radius 3 is 2.33 bits per heavy atom. The van der Waals surface area contributed by atoms with Crippen LogP contribution in [0.3, 0.4) is 0 Å². The number of nitrogens with one attached hydrogen (secondary N) is 2. The van der Waals surface area contributed by atoms with E-state index in [0.717, 1.165) is 10.0 Å². The number of amides is 1. The summed E-state index contributed by atoms with van der Waals surface area (Å²) in [5, 5.41) is 5.80. The van der Waals surface area contributed by atoms with Crippen LogP contribution in [0.2, 0.25) is 0 Å². The van der Waals surface area contributed by atoms with E-state index in [4.69, 9.17) is 12.2 Å². The summed E-state index contributed by atoms with van der Waals surface area (Å²) in [6.45, 7) is 1.97. The minimum Gasteiger partial charge on any atom is -0.365 e. The summed E-state index contributed by atoms with van der Waals surface area (Å²) in [6.07, 6.45) is 0. The fourth-order valence-corrected chi connectivity index (χ4v) is 2.30. The summed E-state index contributed by atoms with van der Waals surface area (Å²) >= 11 is 8.49. The predicted octanol–water partition coefficient (Wildman–Crippen LogP) is 4.07. The quantitative estimate of drug-likeness (QED) is 0.808. The second-order valence-electron chi connectivity index (χ2n) is 4.57. The van der Waals surface area contributed by atoms with Crippen LogP contribution in [-0.4, -0.2) is 10.9 Å². The molecule has 0 heterocycles. The summed E-state index contributed by atoms with van der Waals surface area (Å²) in [7, 11) is 0. The molecule has 0 saturated carbocycles. The SMILES string of the molecule is CC(NC(=S)C(=O)Nc1ccc(Br)cc1)c1ccccc1. The fourth-order valence-electron chi connectivity index (χ4n) is 1.81. The lowest BCUT2D eigenvalue weighted by atomic mass is 10.1. The predicted molar refractivity (Wildman–Crippen MR) is 93.4 cm³/mol. The normalized spacial score (nSPS) is 11.5. The number of carbonyl (C=O) groups excluding carboxylic acids is 1. The highest BCUT2D eigenvalue weighted by atomic mass is 79.9. The summed E-state index contributed by atoms with van der Waals surface area (Å²) in [4.78, 5) is 12.2. The number of hydrogen-bond donors (Lipinski definition) is 2. The van der Waals surface area contributed by atoms with Crippen molar-refractivity contribution in [3.05, 3.63) is 64.6 Å². The van der Waals surface area contributed by atoms with Crippen LogP contribution in [0.1, 0.15) is 18.5 Å². The van der Waals surface area contributed by atoms with E-state index < -0.39 is 0 Å². The van der Waals surface area contributed by atoms with Crippen molar-refractivity contribution in [1.29, 1.82) is 0 Å². The molecule has 0 aromatic heterocycles. The van der Waals surface area contributed by atoms with Gasteiger partial charge in [-0.15, -0.1) is 0 Å². The van der Waals surface area contributed by atoms with Gasteiger partial charge in [-0.3, -0.25) is 4.79 Å². The van der Waals surface area contributed by atoms with Crippen LogP contribution in [0, 0.1) is 0 Å². The first-order valence-corrected chi connectivity index (χ1v) is 7.69. The van der Waals surface area contributed by atoms with E-state index in [1.807, 2.05) is 61.5 Å². The first-order valence-electron chi connectivity index (χ1n) is 6.48. The highest BCUT2D eigenvalue weighted by Gasteiger charge is 2.13. The molecule has 0 aliphatic carbocycles. The number of halogens is 1. The van der Waals surface area contributed by atoms with E-state index in [2.05, 4.69) is 26.6 Å². The molecule has 0 aliphatic heterocycles. The molecule has 0 bridgehead atoms. The Bertz CT molecular complexity index is 628. The van der Waals surface area contributed by atoms with Gasteiger partial charge in [0.05, 0.1) is 0 Å². The Hall–Kier alpha value is -1.72. The van der Waals surface area contributed by atoms with Gasteiger partial charge in [-0.25, -0.2) is 0 Å². The maximum atomic E-state index is 12.0. The number of thiocarbonyl (C=S) groups is 1. The average molecular weight is 363 g/mol. The fraction of sp³-hybridized carbons (Fsp3) is 0.125. The van der Waals surface area contributed by atoms with E-state index >= 15 is 0 Å². The van der Waals surface area contributed by atoms with Crippen LogP contribution in [-0.2, 0) is 4.79 Å². The molecule has 1 amide bonds. The number of hydrogen-bond acceptors (Lipinski definition) is 2. The molecular formula is C16H15BrN2OS. The minimum atomic E-state index is -0.310. The third-order valence-corrected chi connectivity index (χ3v) is 3.79. The van der Waals surface area contributed by atoms with Gasteiger partial charge in [-0.05, 0) is 36.8 Å². The van der Waals surface area contributed by atoms with Crippen molar-refractivity contribution in [1.82, 2.24) is 5.32 Å². The molecule has 0 spiro atoms. The monoisotopic (exact) mass is 362 g/mol. The molecule has 5 heteroatoms. The average Bonchev–Trinajstić information content (AvgIpc) is 2.50. The molecule has 2 N–H and O–H groups in total. The molecule has 0 saturated heterocycles. The van der Waals surface area contributed by atoms with Crippen LogP contribution in [0.4, 0.5) is 5.69 Å². The molecular weight excluding hydrogens is 348 g/mol. The van der Waals surface area contributed by atoms with Gasteiger partial charge in [-0.1, -0.05) is 58.5 Å². The first kappa shape index (κ1) is 15.7. The minimum absolute atomic E-state index is 0.0191. The van der Waals surface area contributed by atoms with Crippen LogP contribution >= 0.6 is 28.1 Å². The van der Waals surface area contributed by atoms with Crippen molar-refractivity contribution in [3.8, 4) is 0 Å². The highest BCUT2D eigenvalue weighted by molar-refractivity contribution is 9.10. The maximum absolute atomic E-state index is 12.0. The Labute approximate surface area is 137 Å². The number of carbonyl (C=O) groups is 1. The Balaban J connectivity index is 1.93. The van der Waals surface area contributed by atoms with Gasteiger partial charge in [-0.2, -0.15) is 0 Å². The summed E-state index contributed by atoms with van der Waals surface area (Å²) in [6, 6.07) is 17.2. The van der Waals surface area contributed by atoms with Gasteiger partial charge in [0.25, 0.3) is 5.91 Å². The van der Waals surface area contributed by atoms with E-state index in [9.17, 15) is 4.79 Å². The van der Waals surface area contributed by atoms with Gasteiger partial charge in [0.1, 0.15) is 0 Å². The Morgan fingerprint density at radius 2 is 1.71 bits per heavy atom. The maximum Gasteiger partial charge on any atom is 0.283 e. The Morgan fingerprint density at radius 1 is 1.10 bits per heavy atom. The molecule has 3 nitrogen and oxygen atoms in total. The number of anilines is 1. The van der Waals surface area contributed by atoms with Crippen molar-refractivity contribution in [2.24, 2.45) is 0 Å². The van der Waals surface area contributed by atoms with Gasteiger partial charge in [0.2, 0.25) is 0 Å². The molecule has 0 radical (unpaired) electrons. The van der Waals surface area contributed by atoms with E-state index in [1.165, 1.54) is 0 Å². The lowest BCUT2D eigenvalue weighted by Gasteiger charge is -2.16. The number of rotatable bonds is 3. The van der Waals surface area contributed by atoms with Crippen LogP contribution in [0.15, 0.2) is 59.1 Å². The van der Waals surface area contributed by atoms with E-state index in [-0.39, 0.29) is 16.9 Å². The summed E-state index contributed by atoms with van der Waals surface area (Å²) in [5.74, 6) is -0.310. The largest absolute Gasteiger partial charge is 0.365 e. The van der Waals surface area contributed by atoms with E-state index in [1.54, 1.807) is 0 Å². The van der Waals surface area contributed by atoms with Crippen molar-refractivity contribution < 1.29 is 4.79 Å². The summed E-state index contributed by atoms with van der Waals surface area (Å²) < 4.78 is 0.957. The first-order chi connectivity index (χ1) is 10.1. The zero-order chi connectivity index (χ0) is 15.2. The topological polar surface area (TPSA) is 41.1 Å². The molecule has 21 heavy (non-hydrogen) atoms. The van der Waals surface area contributed by atoms with Crippen LogP contribution in [0.25, 0.3) is 0 Å². The lowest BCUT2D eigenvalue weighted by Crippen LogP contribution is -2.35. The smallest absolute Gasteiger partial charge is 0.283 e. The lowest BCUT2D eigenvalue weighted by molar-refractivity contribution is -0.110. The molecule has 0 aliphatic rings. The third-order valence-electron chi connectivity index (χ3n) is 2.96. The van der Waals surface area contributed by atoms with Crippen molar-refractivity contribution in [3.63, 3.8) is 0 Å². The third kappa shape index (κ3) is 4.65. The zero-order valence-corrected chi connectivity index (χ0v) is 13.9. The molecule has 2 aromatic rings. The molecule has 1 unspecified atom stereocenters.